The van der Waals surface area contributed by atoms with Gasteiger partial charge < -0.3 is 10.2 Å². The average molecular weight is 338 g/mol. The summed E-state index contributed by atoms with van der Waals surface area (Å²) in [5.41, 5.74) is 0.723. The fourth-order valence-electron chi connectivity index (χ4n) is 2.62. The summed E-state index contributed by atoms with van der Waals surface area (Å²) in [5, 5.41) is 2.59. The van der Waals surface area contributed by atoms with Crippen LogP contribution in [0.4, 0.5) is 4.39 Å². The number of halogens is 1. The number of nitrogens with zero attached hydrogens (tertiary/aromatic N) is 1. The quantitative estimate of drug-likeness (QED) is 0.811. The van der Waals surface area contributed by atoms with Crippen molar-refractivity contribution in [3.8, 4) is 0 Å². The molecule has 2 atom stereocenters. The Morgan fingerprint density at radius 1 is 1.39 bits per heavy atom. The summed E-state index contributed by atoms with van der Waals surface area (Å²) < 4.78 is 13.5. The van der Waals surface area contributed by atoms with Crippen LogP contribution in [0, 0.1) is 5.82 Å². The standard InChI is InChI=1S/C17H23FN2O2S/c1-3-5-9-19-16(22)14-11-23-17(20(14)15(21)4-2)12-7-6-8-13(18)10-12/h6-8,10,14,17H,3-5,9,11H2,1-2H3,(H,19,22)/t14-,17+/m0/s1. The molecule has 0 aliphatic carbocycles. The summed E-state index contributed by atoms with van der Waals surface area (Å²) >= 11 is 1.51. The number of unbranched alkanes of at least 4 members (excludes halogenated alkanes) is 1. The minimum Gasteiger partial charge on any atom is -0.354 e. The number of carbonyl (C=O) groups is 2. The van der Waals surface area contributed by atoms with Gasteiger partial charge in [0, 0.05) is 18.7 Å². The topological polar surface area (TPSA) is 49.4 Å². The smallest absolute Gasteiger partial charge is 0.243 e. The number of amides is 2. The van der Waals surface area contributed by atoms with Crippen molar-refractivity contribution in [2.75, 3.05) is 12.3 Å². The average Bonchev–Trinajstić information content (AvgIpc) is 2.99. The molecule has 2 amide bonds. The number of benzene rings is 1. The van der Waals surface area contributed by atoms with Gasteiger partial charge in [-0.1, -0.05) is 32.4 Å². The lowest BCUT2D eigenvalue weighted by molar-refractivity contribution is -0.139. The molecule has 1 aromatic rings. The SMILES string of the molecule is CCCCNC(=O)[C@@H]1CS[C@H](c2cccc(F)c2)N1C(=O)CC. The van der Waals surface area contributed by atoms with E-state index >= 15 is 0 Å². The number of hydrogen-bond donors (Lipinski definition) is 1. The first-order chi connectivity index (χ1) is 11.1. The Hall–Kier alpha value is -1.56. The Bertz CT molecular complexity index is 567. The highest BCUT2D eigenvalue weighted by molar-refractivity contribution is 7.99. The van der Waals surface area contributed by atoms with Crippen LogP contribution < -0.4 is 5.32 Å². The van der Waals surface area contributed by atoms with Crippen molar-refractivity contribution in [2.24, 2.45) is 0 Å². The van der Waals surface area contributed by atoms with E-state index in [1.54, 1.807) is 24.0 Å². The van der Waals surface area contributed by atoms with Crippen molar-refractivity contribution in [3.63, 3.8) is 0 Å². The van der Waals surface area contributed by atoms with Gasteiger partial charge in [-0.05, 0) is 24.1 Å². The first-order valence-corrected chi connectivity index (χ1v) is 9.09. The van der Waals surface area contributed by atoms with E-state index in [9.17, 15) is 14.0 Å². The van der Waals surface area contributed by atoms with Crippen LogP contribution in [0.2, 0.25) is 0 Å². The first kappa shape index (κ1) is 17.8. The van der Waals surface area contributed by atoms with E-state index in [0.717, 1.165) is 18.4 Å². The number of hydrogen-bond acceptors (Lipinski definition) is 3. The Balaban J connectivity index is 2.18. The maximum atomic E-state index is 13.5. The summed E-state index contributed by atoms with van der Waals surface area (Å²) in [6.07, 6.45) is 2.25. The van der Waals surface area contributed by atoms with Crippen LogP contribution in [0.3, 0.4) is 0 Å². The monoisotopic (exact) mass is 338 g/mol. The number of thioether (sulfide) groups is 1. The molecular weight excluding hydrogens is 315 g/mol. The fraction of sp³-hybridized carbons (Fsp3) is 0.529. The highest BCUT2D eigenvalue weighted by Crippen LogP contribution is 2.41. The molecule has 4 nitrogen and oxygen atoms in total. The van der Waals surface area contributed by atoms with E-state index in [-0.39, 0.29) is 23.0 Å². The van der Waals surface area contributed by atoms with Gasteiger partial charge in [0.2, 0.25) is 11.8 Å². The third-order valence-electron chi connectivity index (χ3n) is 3.86. The number of nitrogens with one attached hydrogen (secondary N) is 1. The molecule has 0 bridgehead atoms. The molecule has 1 aromatic carbocycles. The van der Waals surface area contributed by atoms with E-state index in [1.807, 2.05) is 0 Å². The van der Waals surface area contributed by atoms with Crippen molar-refractivity contribution in [1.29, 1.82) is 0 Å². The molecule has 2 rings (SSSR count). The normalized spacial score (nSPS) is 20.6. The van der Waals surface area contributed by atoms with Crippen LogP contribution in [-0.2, 0) is 9.59 Å². The second-order valence-corrected chi connectivity index (χ2v) is 6.67. The maximum absolute atomic E-state index is 13.5. The van der Waals surface area contributed by atoms with Crippen LogP contribution >= 0.6 is 11.8 Å². The molecule has 1 N–H and O–H groups in total. The lowest BCUT2D eigenvalue weighted by atomic mass is 10.1. The molecule has 126 valence electrons. The zero-order chi connectivity index (χ0) is 16.8. The lowest BCUT2D eigenvalue weighted by Gasteiger charge is -2.28. The Morgan fingerprint density at radius 2 is 2.17 bits per heavy atom. The van der Waals surface area contributed by atoms with E-state index < -0.39 is 6.04 Å². The van der Waals surface area contributed by atoms with Crippen LogP contribution in [0.5, 0.6) is 0 Å². The maximum Gasteiger partial charge on any atom is 0.243 e. The molecule has 0 unspecified atom stereocenters. The first-order valence-electron chi connectivity index (χ1n) is 8.04. The summed E-state index contributed by atoms with van der Waals surface area (Å²) in [6, 6.07) is 5.76. The minimum atomic E-state index is -0.488. The summed E-state index contributed by atoms with van der Waals surface area (Å²) in [6.45, 7) is 4.46. The molecule has 1 aliphatic rings. The van der Waals surface area contributed by atoms with E-state index in [2.05, 4.69) is 12.2 Å². The van der Waals surface area contributed by atoms with Gasteiger partial charge in [-0.15, -0.1) is 11.8 Å². The van der Waals surface area contributed by atoms with Crippen molar-refractivity contribution in [1.82, 2.24) is 10.2 Å². The molecule has 23 heavy (non-hydrogen) atoms. The van der Waals surface area contributed by atoms with Crippen molar-refractivity contribution >= 4 is 23.6 Å². The zero-order valence-electron chi connectivity index (χ0n) is 13.5. The van der Waals surface area contributed by atoms with Crippen LogP contribution in [0.1, 0.15) is 44.0 Å². The summed E-state index contributed by atoms with van der Waals surface area (Å²) in [7, 11) is 0. The lowest BCUT2D eigenvalue weighted by Crippen LogP contribution is -2.48. The predicted octanol–water partition coefficient (Wildman–Crippen LogP) is 3.09. The Morgan fingerprint density at radius 3 is 2.83 bits per heavy atom. The number of carbonyl (C=O) groups excluding carboxylic acids is 2. The van der Waals surface area contributed by atoms with E-state index in [0.29, 0.717) is 18.7 Å². The van der Waals surface area contributed by atoms with Gasteiger partial charge in [-0.2, -0.15) is 0 Å². The third-order valence-corrected chi connectivity index (χ3v) is 5.18. The molecule has 0 aromatic heterocycles. The largest absolute Gasteiger partial charge is 0.354 e. The van der Waals surface area contributed by atoms with Crippen molar-refractivity contribution in [2.45, 2.75) is 44.5 Å². The second-order valence-electron chi connectivity index (χ2n) is 5.56. The van der Waals surface area contributed by atoms with E-state index in [1.165, 1.54) is 23.9 Å². The number of rotatable bonds is 6. The second kappa shape index (κ2) is 8.34. The molecule has 0 radical (unpaired) electrons. The van der Waals surface area contributed by atoms with Gasteiger partial charge in [0.05, 0.1) is 0 Å². The minimum absolute atomic E-state index is 0.0834. The fourth-order valence-corrected chi connectivity index (χ4v) is 4.06. The van der Waals surface area contributed by atoms with Gasteiger partial charge in [-0.25, -0.2) is 4.39 Å². The molecule has 6 heteroatoms. The van der Waals surface area contributed by atoms with E-state index in [4.69, 9.17) is 0 Å². The molecule has 1 saturated heterocycles. The van der Waals surface area contributed by atoms with Crippen LogP contribution in [-0.4, -0.2) is 35.1 Å². The molecule has 1 fully saturated rings. The van der Waals surface area contributed by atoms with Gasteiger partial charge in [0.25, 0.3) is 0 Å². The van der Waals surface area contributed by atoms with Crippen molar-refractivity contribution < 1.29 is 14.0 Å². The van der Waals surface area contributed by atoms with Gasteiger partial charge in [0.1, 0.15) is 17.2 Å². The molecule has 1 heterocycles. The van der Waals surface area contributed by atoms with Crippen LogP contribution in [0.25, 0.3) is 0 Å². The highest BCUT2D eigenvalue weighted by Gasteiger charge is 2.41. The summed E-state index contributed by atoms with van der Waals surface area (Å²) in [5.74, 6) is -0.000345. The van der Waals surface area contributed by atoms with Crippen LogP contribution in [0.15, 0.2) is 24.3 Å². The zero-order valence-corrected chi connectivity index (χ0v) is 14.4. The third kappa shape index (κ3) is 4.25. The predicted molar refractivity (Wildman–Crippen MR) is 90.4 cm³/mol. The Kier molecular flexibility index (Phi) is 6.45. The Labute approximate surface area is 140 Å². The van der Waals surface area contributed by atoms with Gasteiger partial charge >= 0.3 is 0 Å². The molecule has 1 aliphatic heterocycles. The summed E-state index contributed by atoms with van der Waals surface area (Å²) in [4.78, 5) is 26.4. The van der Waals surface area contributed by atoms with Crippen molar-refractivity contribution in [3.05, 3.63) is 35.6 Å². The molecular formula is C17H23FN2O2S. The van der Waals surface area contributed by atoms with Gasteiger partial charge in [-0.3, -0.25) is 9.59 Å². The molecule has 0 spiro atoms. The molecule has 0 saturated carbocycles. The van der Waals surface area contributed by atoms with Gasteiger partial charge in [0.15, 0.2) is 0 Å². The highest BCUT2D eigenvalue weighted by atomic mass is 32.2.